The van der Waals surface area contributed by atoms with Crippen LogP contribution in [0.25, 0.3) is 4.96 Å². The monoisotopic (exact) mass is 303 g/mol. The summed E-state index contributed by atoms with van der Waals surface area (Å²) in [5, 5.41) is 1.95. The molecule has 1 aromatic carbocycles. The van der Waals surface area contributed by atoms with E-state index in [0.717, 1.165) is 16.2 Å². The number of hydrogen-bond acceptors (Lipinski definition) is 3. The van der Waals surface area contributed by atoms with E-state index in [1.54, 1.807) is 24.1 Å². The zero-order valence-corrected chi connectivity index (χ0v) is 12.3. The number of likely N-dealkylation sites (N-methyl/N-ethyl adjacent to an activating group) is 1. The Morgan fingerprint density at radius 2 is 2.14 bits per heavy atom. The highest BCUT2D eigenvalue weighted by molar-refractivity contribution is 7.15. The van der Waals surface area contributed by atoms with Crippen molar-refractivity contribution in [1.82, 2.24) is 14.3 Å². The van der Waals surface area contributed by atoms with Gasteiger partial charge in [-0.05, 0) is 17.7 Å². The summed E-state index contributed by atoms with van der Waals surface area (Å²) in [4.78, 5) is 19.1. The number of hydrogen-bond donors (Lipinski definition) is 0. The molecule has 2 heterocycles. The van der Waals surface area contributed by atoms with Crippen LogP contribution in [0.2, 0.25) is 0 Å². The fourth-order valence-electron chi connectivity index (χ4n) is 2.10. The predicted molar refractivity (Wildman–Crippen MR) is 79.6 cm³/mol. The van der Waals surface area contributed by atoms with Crippen LogP contribution >= 0.6 is 11.3 Å². The molecular formula is C15H14FN3OS. The van der Waals surface area contributed by atoms with Crippen molar-refractivity contribution in [3.8, 4) is 0 Å². The summed E-state index contributed by atoms with van der Waals surface area (Å²) in [6.45, 7) is 0.460. The lowest BCUT2D eigenvalue weighted by Crippen LogP contribution is -2.27. The number of halogens is 1. The Bertz CT molecular complexity index is 734. The average Bonchev–Trinajstić information content (AvgIpc) is 3.02. The summed E-state index contributed by atoms with van der Waals surface area (Å²) < 4.78 is 14.8. The molecule has 0 aliphatic carbocycles. The van der Waals surface area contributed by atoms with E-state index in [4.69, 9.17) is 0 Å². The number of fused-ring (bicyclic) bond motifs is 1. The number of carbonyl (C=O) groups excluding carboxylic acids is 1. The number of imidazole rings is 1. The van der Waals surface area contributed by atoms with Gasteiger partial charge < -0.3 is 4.90 Å². The van der Waals surface area contributed by atoms with E-state index in [9.17, 15) is 9.18 Å². The van der Waals surface area contributed by atoms with Crippen LogP contribution in [0.5, 0.6) is 0 Å². The van der Waals surface area contributed by atoms with Crippen molar-refractivity contribution in [3.63, 3.8) is 0 Å². The molecule has 0 saturated carbocycles. The van der Waals surface area contributed by atoms with E-state index < -0.39 is 0 Å². The molecule has 0 aliphatic rings. The first-order valence-corrected chi connectivity index (χ1v) is 7.39. The van der Waals surface area contributed by atoms with Crippen molar-refractivity contribution < 1.29 is 9.18 Å². The fraction of sp³-hybridized carbons (Fsp3) is 0.200. The highest BCUT2D eigenvalue weighted by Crippen LogP contribution is 2.13. The van der Waals surface area contributed by atoms with Crippen molar-refractivity contribution in [3.05, 3.63) is 59.1 Å². The summed E-state index contributed by atoms with van der Waals surface area (Å²) in [7, 11) is 1.74. The zero-order chi connectivity index (χ0) is 14.8. The molecule has 0 aliphatic heterocycles. The third-order valence-corrected chi connectivity index (χ3v) is 4.00. The van der Waals surface area contributed by atoms with Crippen molar-refractivity contribution in [2.75, 3.05) is 7.05 Å². The maximum Gasteiger partial charge on any atom is 0.228 e. The Kier molecular flexibility index (Phi) is 3.70. The quantitative estimate of drug-likeness (QED) is 0.743. The summed E-state index contributed by atoms with van der Waals surface area (Å²) in [5.41, 5.74) is 1.66. The van der Waals surface area contributed by atoms with E-state index >= 15 is 0 Å². The molecular weight excluding hydrogens is 289 g/mol. The van der Waals surface area contributed by atoms with E-state index in [-0.39, 0.29) is 18.1 Å². The molecule has 6 heteroatoms. The van der Waals surface area contributed by atoms with Crippen LogP contribution in [-0.2, 0) is 17.8 Å². The van der Waals surface area contributed by atoms with Gasteiger partial charge in [0.1, 0.15) is 5.82 Å². The van der Waals surface area contributed by atoms with Crippen molar-refractivity contribution in [2.45, 2.75) is 13.0 Å². The van der Waals surface area contributed by atoms with Crippen LogP contribution in [0.15, 0.2) is 42.0 Å². The average molecular weight is 303 g/mol. The Labute approximate surface area is 125 Å². The molecule has 0 atom stereocenters. The lowest BCUT2D eigenvalue weighted by atomic mass is 10.2. The summed E-state index contributed by atoms with van der Waals surface area (Å²) in [6, 6.07) is 6.17. The lowest BCUT2D eigenvalue weighted by molar-refractivity contribution is -0.129. The number of aromatic nitrogens is 2. The Hall–Kier alpha value is -2.21. The molecule has 2 aromatic heterocycles. The Morgan fingerprint density at radius 1 is 1.38 bits per heavy atom. The molecule has 0 radical (unpaired) electrons. The first-order chi connectivity index (χ1) is 10.1. The van der Waals surface area contributed by atoms with Crippen LogP contribution < -0.4 is 0 Å². The largest absolute Gasteiger partial charge is 0.341 e. The molecule has 0 fully saturated rings. The maximum atomic E-state index is 12.9. The molecule has 21 heavy (non-hydrogen) atoms. The van der Waals surface area contributed by atoms with Gasteiger partial charge in [0.15, 0.2) is 4.96 Å². The third kappa shape index (κ3) is 3.11. The molecule has 0 N–H and O–H groups in total. The first-order valence-electron chi connectivity index (χ1n) is 6.51. The minimum Gasteiger partial charge on any atom is -0.341 e. The van der Waals surface area contributed by atoms with Gasteiger partial charge in [0.05, 0.1) is 12.1 Å². The van der Waals surface area contributed by atoms with Crippen LogP contribution in [-0.4, -0.2) is 27.2 Å². The Morgan fingerprint density at radius 3 is 2.86 bits per heavy atom. The van der Waals surface area contributed by atoms with Crippen LogP contribution in [0.3, 0.4) is 0 Å². The van der Waals surface area contributed by atoms with Gasteiger partial charge in [0, 0.05) is 31.4 Å². The van der Waals surface area contributed by atoms with Gasteiger partial charge in [-0.1, -0.05) is 12.1 Å². The minimum absolute atomic E-state index is 0.00919. The molecule has 4 nitrogen and oxygen atoms in total. The number of benzene rings is 1. The molecule has 3 rings (SSSR count). The van der Waals surface area contributed by atoms with Crippen molar-refractivity contribution in [2.24, 2.45) is 0 Å². The second kappa shape index (κ2) is 5.65. The van der Waals surface area contributed by atoms with E-state index in [1.165, 1.54) is 23.5 Å². The van der Waals surface area contributed by atoms with Crippen LogP contribution in [0, 0.1) is 5.82 Å². The normalized spacial score (nSPS) is 11.0. The molecule has 0 unspecified atom stereocenters. The lowest BCUT2D eigenvalue weighted by Gasteiger charge is -2.16. The number of amides is 1. The van der Waals surface area contributed by atoms with Gasteiger partial charge in [-0.15, -0.1) is 11.3 Å². The number of rotatable bonds is 4. The van der Waals surface area contributed by atoms with Crippen LogP contribution in [0.4, 0.5) is 4.39 Å². The van der Waals surface area contributed by atoms with Gasteiger partial charge in [0.2, 0.25) is 5.91 Å². The standard InChI is InChI=1S/C15H14FN3OS/c1-18(9-11-2-4-12(16)5-3-11)14(20)8-13-10-19-6-7-21-15(19)17-13/h2-7,10H,8-9H2,1H3. The molecule has 1 amide bonds. The second-order valence-electron chi connectivity index (χ2n) is 4.88. The predicted octanol–water partition coefficient (Wildman–Crippen LogP) is 2.74. The topological polar surface area (TPSA) is 37.6 Å². The molecule has 108 valence electrons. The first kappa shape index (κ1) is 13.8. The molecule has 3 aromatic rings. The molecule has 0 spiro atoms. The molecule has 0 saturated heterocycles. The summed E-state index contributed by atoms with van der Waals surface area (Å²) in [5.74, 6) is -0.282. The minimum atomic E-state index is -0.272. The second-order valence-corrected chi connectivity index (χ2v) is 5.75. The number of carbonyl (C=O) groups is 1. The van der Waals surface area contributed by atoms with Gasteiger partial charge in [-0.25, -0.2) is 9.37 Å². The van der Waals surface area contributed by atoms with Crippen LogP contribution in [0.1, 0.15) is 11.3 Å². The highest BCUT2D eigenvalue weighted by atomic mass is 32.1. The highest BCUT2D eigenvalue weighted by Gasteiger charge is 2.13. The molecule has 0 bridgehead atoms. The fourth-order valence-corrected chi connectivity index (χ4v) is 2.82. The third-order valence-electron chi connectivity index (χ3n) is 3.23. The van der Waals surface area contributed by atoms with E-state index in [0.29, 0.717) is 6.54 Å². The summed E-state index contributed by atoms with van der Waals surface area (Å²) >= 11 is 1.54. The zero-order valence-electron chi connectivity index (χ0n) is 11.5. The van der Waals surface area contributed by atoms with Gasteiger partial charge in [0.25, 0.3) is 0 Å². The SMILES string of the molecule is CN(Cc1ccc(F)cc1)C(=O)Cc1cn2ccsc2n1. The van der Waals surface area contributed by atoms with Gasteiger partial charge >= 0.3 is 0 Å². The summed E-state index contributed by atoms with van der Waals surface area (Å²) in [6.07, 6.45) is 4.06. The number of thiazole rings is 1. The van der Waals surface area contributed by atoms with E-state index in [2.05, 4.69) is 4.98 Å². The smallest absolute Gasteiger partial charge is 0.228 e. The Balaban J connectivity index is 1.64. The van der Waals surface area contributed by atoms with Crippen molar-refractivity contribution in [1.29, 1.82) is 0 Å². The van der Waals surface area contributed by atoms with Gasteiger partial charge in [-0.2, -0.15) is 0 Å². The van der Waals surface area contributed by atoms with E-state index in [1.807, 2.05) is 22.2 Å². The van der Waals surface area contributed by atoms with Gasteiger partial charge in [-0.3, -0.25) is 9.20 Å². The number of nitrogens with zero attached hydrogens (tertiary/aromatic N) is 3. The maximum absolute atomic E-state index is 12.9. The van der Waals surface area contributed by atoms with Crippen molar-refractivity contribution >= 4 is 22.2 Å².